The molecule has 4 heteroatoms. The highest BCUT2D eigenvalue weighted by Crippen LogP contribution is 2.20. The Labute approximate surface area is 96.9 Å². The number of nitrogens with two attached hydrogens (primary N) is 1. The maximum Gasteiger partial charge on any atom is 0.0915 e. The zero-order valence-electron chi connectivity index (χ0n) is 8.31. The Morgan fingerprint density at radius 2 is 1.44 bits per heavy atom. The second kappa shape index (κ2) is 3.32. The van der Waals surface area contributed by atoms with Crippen molar-refractivity contribution in [2.24, 2.45) is 0 Å². The van der Waals surface area contributed by atoms with Gasteiger partial charge in [-0.1, -0.05) is 11.6 Å². The van der Waals surface area contributed by atoms with Gasteiger partial charge in [0.1, 0.15) is 0 Å². The van der Waals surface area contributed by atoms with Gasteiger partial charge in [0.25, 0.3) is 0 Å². The van der Waals surface area contributed by atoms with E-state index in [-0.39, 0.29) is 0 Å². The highest BCUT2D eigenvalue weighted by molar-refractivity contribution is 6.31. The molecule has 0 unspecified atom stereocenters. The molecule has 0 aliphatic carbocycles. The molecule has 1 heterocycles. The molecule has 0 radical (unpaired) electrons. The first-order valence-electron chi connectivity index (χ1n) is 4.85. The second-order valence-corrected chi connectivity index (χ2v) is 4.04. The van der Waals surface area contributed by atoms with E-state index in [1.165, 1.54) is 0 Å². The number of fused-ring (bicyclic) bond motifs is 2. The smallest absolute Gasteiger partial charge is 0.0915 e. The first-order valence-corrected chi connectivity index (χ1v) is 5.23. The number of hydrogen-bond donors (Lipinski definition) is 1. The number of anilines is 1. The summed E-state index contributed by atoms with van der Waals surface area (Å²) in [6.45, 7) is 0. The third-order valence-electron chi connectivity index (χ3n) is 2.42. The number of halogens is 1. The second-order valence-electron chi connectivity index (χ2n) is 3.60. The minimum Gasteiger partial charge on any atom is -0.399 e. The SMILES string of the molecule is Nc1ccc2nc3ccc(Cl)cc3nc2c1. The van der Waals surface area contributed by atoms with Gasteiger partial charge < -0.3 is 5.73 Å². The number of nitrogens with zero attached hydrogens (tertiary/aromatic N) is 2. The van der Waals surface area contributed by atoms with Gasteiger partial charge in [-0.05, 0) is 36.4 Å². The molecule has 2 N–H and O–H groups in total. The average molecular weight is 230 g/mol. The summed E-state index contributed by atoms with van der Waals surface area (Å²) in [6, 6.07) is 11.0. The number of benzene rings is 2. The third kappa shape index (κ3) is 1.46. The lowest BCUT2D eigenvalue weighted by Gasteiger charge is -2.01. The Hall–Kier alpha value is -1.87. The fraction of sp³-hybridized carbons (Fsp3) is 0. The highest BCUT2D eigenvalue weighted by Gasteiger charge is 2.02. The van der Waals surface area contributed by atoms with Crippen molar-refractivity contribution in [1.82, 2.24) is 9.97 Å². The summed E-state index contributed by atoms with van der Waals surface area (Å²) >= 11 is 5.91. The molecule has 0 aliphatic rings. The quantitative estimate of drug-likeness (QED) is 0.476. The van der Waals surface area contributed by atoms with E-state index in [1.807, 2.05) is 30.3 Å². The summed E-state index contributed by atoms with van der Waals surface area (Å²) in [7, 11) is 0. The molecule has 0 amide bonds. The van der Waals surface area contributed by atoms with Crippen LogP contribution in [0.2, 0.25) is 5.02 Å². The molecule has 16 heavy (non-hydrogen) atoms. The van der Waals surface area contributed by atoms with Crippen LogP contribution < -0.4 is 5.73 Å². The van der Waals surface area contributed by atoms with Crippen molar-refractivity contribution < 1.29 is 0 Å². The van der Waals surface area contributed by atoms with Crippen molar-refractivity contribution in [2.45, 2.75) is 0 Å². The van der Waals surface area contributed by atoms with E-state index in [0.29, 0.717) is 10.7 Å². The summed E-state index contributed by atoms with van der Waals surface area (Å²) < 4.78 is 0. The van der Waals surface area contributed by atoms with Crippen LogP contribution >= 0.6 is 11.6 Å². The lowest BCUT2D eigenvalue weighted by atomic mass is 10.2. The van der Waals surface area contributed by atoms with E-state index in [1.54, 1.807) is 6.07 Å². The molecule has 2 aromatic carbocycles. The molecular formula is C12H8ClN3. The summed E-state index contributed by atoms with van der Waals surface area (Å²) in [5.74, 6) is 0. The largest absolute Gasteiger partial charge is 0.399 e. The summed E-state index contributed by atoms with van der Waals surface area (Å²) in [5.41, 5.74) is 9.63. The Morgan fingerprint density at radius 3 is 2.25 bits per heavy atom. The topological polar surface area (TPSA) is 51.8 Å². The van der Waals surface area contributed by atoms with Gasteiger partial charge in [0, 0.05) is 10.7 Å². The van der Waals surface area contributed by atoms with Crippen molar-refractivity contribution in [2.75, 3.05) is 5.73 Å². The molecule has 0 aliphatic heterocycles. The highest BCUT2D eigenvalue weighted by atomic mass is 35.5. The minimum atomic E-state index is 0.657. The van der Waals surface area contributed by atoms with Crippen LogP contribution in [0, 0.1) is 0 Å². The average Bonchev–Trinajstić information content (AvgIpc) is 2.26. The van der Waals surface area contributed by atoms with Gasteiger partial charge in [0.2, 0.25) is 0 Å². The molecule has 0 spiro atoms. The number of rotatable bonds is 0. The maximum absolute atomic E-state index is 5.91. The van der Waals surface area contributed by atoms with E-state index in [9.17, 15) is 0 Å². The number of aromatic nitrogens is 2. The van der Waals surface area contributed by atoms with Crippen molar-refractivity contribution in [3.05, 3.63) is 41.4 Å². The van der Waals surface area contributed by atoms with Crippen LogP contribution in [-0.2, 0) is 0 Å². The fourth-order valence-corrected chi connectivity index (χ4v) is 1.83. The zero-order valence-corrected chi connectivity index (χ0v) is 9.07. The molecule has 0 atom stereocenters. The molecule has 0 bridgehead atoms. The van der Waals surface area contributed by atoms with Gasteiger partial charge in [-0.3, -0.25) is 0 Å². The summed E-state index contributed by atoms with van der Waals surface area (Å²) in [4.78, 5) is 8.96. The third-order valence-corrected chi connectivity index (χ3v) is 2.65. The molecule has 3 nitrogen and oxygen atoms in total. The Balaban J connectivity index is 2.44. The Bertz CT molecular complexity index is 637. The summed E-state index contributed by atoms with van der Waals surface area (Å²) in [6.07, 6.45) is 0. The normalized spacial score (nSPS) is 11.1. The first kappa shape index (κ1) is 9.36. The van der Waals surface area contributed by atoms with Gasteiger partial charge in [-0.2, -0.15) is 0 Å². The molecular weight excluding hydrogens is 222 g/mol. The van der Waals surface area contributed by atoms with Gasteiger partial charge in [-0.25, -0.2) is 9.97 Å². The molecule has 3 aromatic rings. The zero-order chi connectivity index (χ0) is 11.1. The van der Waals surface area contributed by atoms with E-state index in [4.69, 9.17) is 17.3 Å². The van der Waals surface area contributed by atoms with Crippen LogP contribution in [0.15, 0.2) is 36.4 Å². The predicted octanol–water partition coefficient (Wildman–Crippen LogP) is 3.02. The lowest BCUT2D eigenvalue weighted by molar-refractivity contribution is 1.39. The molecule has 0 fully saturated rings. The van der Waals surface area contributed by atoms with Crippen LogP contribution in [0.1, 0.15) is 0 Å². The molecule has 0 saturated carbocycles. The van der Waals surface area contributed by atoms with Gasteiger partial charge in [0.05, 0.1) is 22.1 Å². The standard InChI is InChI=1S/C12H8ClN3/c13-7-1-3-9-11(5-7)16-12-6-8(14)2-4-10(12)15-9/h1-6H,14H2. The maximum atomic E-state index is 5.91. The predicted molar refractivity (Wildman–Crippen MR) is 66.5 cm³/mol. The molecule has 3 rings (SSSR count). The van der Waals surface area contributed by atoms with E-state index >= 15 is 0 Å². The van der Waals surface area contributed by atoms with Crippen LogP contribution in [0.4, 0.5) is 5.69 Å². The monoisotopic (exact) mass is 229 g/mol. The van der Waals surface area contributed by atoms with Crippen molar-refractivity contribution in [1.29, 1.82) is 0 Å². The number of nitrogen functional groups attached to an aromatic ring is 1. The number of hydrogen-bond acceptors (Lipinski definition) is 3. The van der Waals surface area contributed by atoms with E-state index in [0.717, 1.165) is 22.1 Å². The van der Waals surface area contributed by atoms with Gasteiger partial charge >= 0.3 is 0 Å². The van der Waals surface area contributed by atoms with Crippen LogP contribution in [0.3, 0.4) is 0 Å². The Morgan fingerprint density at radius 1 is 0.812 bits per heavy atom. The minimum absolute atomic E-state index is 0.657. The van der Waals surface area contributed by atoms with Crippen molar-refractivity contribution in [3.8, 4) is 0 Å². The van der Waals surface area contributed by atoms with Crippen molar-refractivity contribution in [3.63, 3.8) is 0 Å². The summed E-state index contributed by atoms with van der Waals surface area (Å²) in [5, 5.41) is 0.657. The van der Waals surface area contributed by atoms with Crippen LogP contribution in [0.5, 0.6) is 0 Å². The Kier molecular flexibility index (Phi) is 1.94. The van der Waals surface area contributed by atoms with Gasteiger partial charge in [-0.15, -0.1) is 0 Å². The lowest BCUT2D eigenvalue weighted by Crippen LogP contribution is -1.90. The fourth-order valence-electron chi connectivity index (χ4n) is 1.66. The molecule has 0 saturated heterocycles. The van der Waals surface area contributed by atoms with Crippen molar-refractivity contribution >= 4 is 39.4 Å². The molecule has 1 aromatic heterocycles. The van der Waals surface area contributed by atoms with Gasteiger partial charge in [0.15, 0.2) is 0 Å². The van der Waals surface area contributed by atoms with Crippen LogP contribution in [-0.4, -0.2) is 9.97 Å². The van der Waals surface area contributed by atoms with Crippen LogP contribution in [0.25, 0.3) is 22.1 Å². The first-order chi connectivity index (χ1) is 7.72. The van der Waals surface area contributed by atoms with E-state index in [2.05, 4.69) is 9.97 Å². The van der Waals surface area contributed by atoms with E-state index < -0.39 is 0 Å². The molecule has 78 valence electrons.